The van der Waals surface area contributed by atoms with E-state index in [1.807, 2.05) is 24.0 Å². The Morgan fingerprint density at radius 3 is 2.48 bits per heavy atom. The lowest BCUT2D eigenvalue weighted by Gasteiger charge is -2.33. The topological polar surface area (TPSA) is 93.9 Å². The van der Waals surface area contributed by atoms with E-state index in [2.05, 4.69) is 5.32 Å². The van der Waals surface area contributed by atoms with Gasteiger partial charge in [0.2, 0.25) is 5.91 Å². The third-order valence-electron chi connectivity index (χ3n) is 5.20. The van der Waals surface area contributed by atoms with Gasteiger partial charge >= 0.3 is 0 Å². The van der Waals surface area contributed by atoms with Crippen LogP contribution in [0.2, 0.25) is 0 Å². The predicted molar refractivity (Wildman–Crippen MR) is 102 cm³/mol. The van der Waals surface area contributed by atoms with Crippen LogP contribution in [-0.4, -0.2) is 61.2 Å². The van der Waals surface area contributed by atoms with Crippen molar-refractivity contribution >= 4 is 11.8 Å². The fourth-order valence-electron chi connectivity index (χ4n) is 3.64. The predicted octanol–water partition coefficient (Wildman–Crippen LogP) is 1.31. The largest absolute Gasteiger partial charge is 0.494 e. The summed E-state index contributed by atoms with van der Waals surface area (Å²) in [5.74, 6) is 0.733. The quantitative estimate of drug-likeness (QED) is 0.782. The minimum atomic E-state index is -0.387. The van der Waals surface area contributed by atoms with E-state index in [0.717, 1.165) is 31.4 Å². The van der Waals surface area contributed by atoms with Gasteiger partial charge in [0, 0.05) is 31.2 Å². The van der Waals surface area contributed by atoms with Gasteiger partial charge in [0.1, 0.15) is 11.9 Å². The molecular weight excluding hydrogens is 346 g/mol. The Labute approximate surface area is 160 Å². The van der Waals surface area contributed by atoms with E-state index < -0.39 is 0 Å². The van der Waals surface area contributed by atoms with E-state index in [1.165, 1.54) is 0 Å². The van der Waals surface area contributed by atoms with Crippen molar-refractivity contribution in [2.45, 2.75) is 50.9 Å². The highest BCUT2D eigenvalue weighted by atomic mass is 16.5. The molecule has 2 heterocycles. The summed E-state index contributed by atoms with van der Waals surface area (Å²) in [6, 6.07) is 7.32. The van der Waals surface area contributed by atoms with Gasteiger partial charge in [-0.15, -0.1) is 0 Å². The van der Waals surface area contributed by atoms with Crippen molar-refractivity contribution in [2.75, 3.05) is 26.2 Å². The lowest BCUT2D eigenvalue weighted by molar-refractivity contribution is -0.132. The van der Waals surface area contributed by atoms with Gasteiger partial charge in [-0.2, -0.15) is 0 Å². The number of benzene rings is 1. The van der Waals surface area contributed by atoms with Crippen LogP contribution in [0.15, 0.2) is 24.3 Å². The standard InChI is InChI=1S/C20H29N3O4/c1-2-26-16-5-3-14(4-6-16)20(25)23-11-9-15(10-12-23)22-19(24)18-8-7-17(13-21)27-18/h3-6,15,17-18H,2,7-13,21H2,1H3,(H,22,24)/t17-,18+/m1/s1. The minimum absolute atomic E-state index is 0.00525. The smallest absolute Gasteiger partial charge is 0.253 e. The van der Waals surface area contributed by atoms with E-state index in [1.54, 1.807) is 12.1 Å². The van der Waals surface area contributed by atoms with E-state index in [-0.39, 0.29) is 30.1 Å². The lowest BCUT2D eigenvalue weighted by Crippen LogP contribution is -2.48. The molecule has 27 heavy (non-hydrogen) atoms. The summed E-state index contributed by atoms with van der Waals surface area (Å²) in [6.45, 7) is 4.25. The van der Waals surface area contributed by atoms with E-state index in [0.29, 0.717) is 31.8 Å². The summed E-state index contributed by atoms with van der Waals surface area (Å²) < 4.78 is 11.1. The molecule has 3 N–H and O–H groups in total. The molecule has 7 nitrogen and oxygen atoms in total. The van der Waals surface area contributed by atoms with Crippen LogP contribution >= 0.6 is 0 Å². The molecule has 0 aliphatic carbocycles. The summed E-state index contributed by atoms with van der Waals surface area (Å²) in [4.78, 5) is 26.8. The zero-order chi connectivity index (χ0) is 19.2. The Morgan fingerprint density at radius 2 is 1.89 bits per heavy atom. The van der Waals surface area contributed by atoms with Crippen molar-refractivity contribution in [3.8, 4) is 5.75 Å². The van der Waals surface area contributed by atoms with E-state index >= 15 is 0 Å². The molecule has 2 atom stereocenters. The molecule has 2 fully saturated rings. The molecule has 2 amide bonds. The monoisotopic (exact) mass is 375 g/mol. The number of ether oxygens (including phenoxy) is 2. The molecule has 0 saturated carbocycles. The van der Waals surface area contributed by atoms with Crippen molar-refractivity contribution in [1.29, 1.82) is 0 Å². The van der Waals surface area contributed by atoms with Crippen molar-refractivity contribution in [1.82, 2.24) is 10.2 Å². The Balaban J connectivity index is 1.45. The van der Waals surface area contributed by atoms with Gasteiger partial charge in [-0.05, 0) is 56.9 Å². The highest BCUT2D eigenvalue weighted by Crippen LogP contribution is 2.21. The van der Waals surface area contributed by atoms with Gasteiger partial charge in [0.05, 0.1) is 12.7 Å². The molecule has 1 aromatic rings. The maximum atomic E-state index is 12.6. The van der Waals surface area contributed by atoms with Crippen LogP contribution < -0.4 is 15.8 Å². The zero-order valence-corrected chi connectivity index (χ0v) is 15.9. The van der Waals surface area contributed by atoms with Crippen molar-refractivity contribution < 1.29 is 19.1 Å². The van der Waals surface area contributed by atoms with Gasteiger partial charge in [-0.25, -0.2) is 0 Å². The number of hydrogen-bond donors (Lipinski definition) is 2. The summed E-state index contributed by atoms with van der Waals surface area (Å²) in [6.07, 6.45) is 2.67. The number of piperidine rings is 1. The zero-order valence-electron chi connectivity index (χ0n) is 15.9. The van der Waals surface area contributed by atoms with Gasteiger partial charge in [-0.1, -0.05) is 0 Å². The summed E-state index contributed by atoms with van der Waals surface area (Å²) >= 11 is 0. The Hall–Kier alpha value is -2.12. The third-order valence-corrected chi connectivity index (χ3v) is 5.20. The average molecular weight is 375 g/mol. The molecule has 2 saturated heterocycles. The highest BCUT2D eigenvalue weighted by molar-refractivity contribution is 5.94. The molecule has 0 unspecified atom stereocenters. The fourth-order valence-corrected chi connectivity index (χ4v) is 3.64. The number of nitrogens with one attached hydrogen (secondary N) is 1. The number of carbonyl (C=O) groups excluding carboxylic acids is 2. The number of rotatable bonds is 6. The van der Waals surface area contributed by atoms with Crippen LogP contribution in [0, 0.1) is 0 Å². The number of nitrogens with two attached hydrogens (primary N) is 1. The fraction of sp³-hybridized carbons (Fsp3) is 0.600. The maximum absolute atomic E-state index is 12.6. The number of nitrogens with zero attached hydrogens (tertiary/aromatic N) is 1. The maximum Gasteiger partial charge on any atom is 0.253 e. The second-order valence-electron chi connectivity index (χ2n) is 7.09. The first-order valence-corrected chi connectivity index (χ1v) is 9.78. The first kappa shape index (κ1) is 19.6. The number of carbonyl (C=O) groups is 2. The van der Waals surface area contributed by atoms with Gasteiger partial charge in [-0.3, -0.25) is 9.59 Å². The SMILES string of the molecule is CCOc1ccc(C(=O)N2CCC(NC(=O)[C@@H]3CC[C@H](CN)O3)CC2)cc1. The first-order valence-electron chi connectivity index (χ1n) is 9.78. The van der Waals surface area contributed by atoms with Crippen LogP contribution in [0.3, 0.4) is 0 Å². The molecule has 0 radical (unpaired) electrons. The van der Waals surface area contributed by atoms with Crippen molar-refractivity contribution in [3.05, 3.63) is 29.8 Å². The molecule has 2 aliphatic rings. The van der Waals surface area contributed by atoms with E-state index in [4.69, 9.17) is 15.2 Å². The molecule has 0 bridgehead atoms. The van der Waals surface area contributed by atoms with Gasteiger partial charge in [0.25, 0.3) is 5.91 Å². The Morgan fingerprint density at radius 1 is 1.19 bits per heavy atom. The number of likely N-dealkylation sites (tertiary alicyclic amines) is 1. The lowest BCUT2D eigenvalue weighted by atomic mass is 10.0. The molecular formula is C20H29N3O4. The Kier molecular flexibility index (Phi) is 6.68. The molecule has 2 aliphatic heterocycles. The summed E-state index contributed by atoms with van der Waals surface area (Å²) in [5.41, 5.74) is 6.25. The third kappa shape index (κ3) is 4.99. The highest BCUT2D eigenvalue weighted by Gasteiger charge is 2.32. The van der Waals surface area contributed by atoms with Crippen LogP contribution in [0.25, 0.3) is 0 Å². The van der Waals surface area contributed by atoms with E-state index in [9.17, 15) is 9.59 Å². The minimum Gasteiger partial charge on any atom is -0.494 e. The second-order valence-corrected chi connectivity index (χ2v) is 7.09. The van der Waals surface area contributed by atoms with Gasteiger partial charge < -0.3 is 25.4 Å². The average Bonchev–Trinajstić information content (AvgIpc) is 3.18. The summed E-state index contributed by atoms with van der Waals surface area (Å²) in [5, 5.41) is 3.07. The molecule has 0 spiro atoms. The number of hydrogen-bond acceptors (Lipinski definition) is 5. The second kappa shape index (κ2) is 9.19. The van der Waals surface area contributed by atoms with Crippen LogP contribution in [-0.2, 0) is 9.53 Å². The van der Waals surface area contributed by atoms with Gasteiger partial charge in [0.15, 0.2) is 0 Å². The molecule has 0 aromatic heterocycles. The molecule has 3 rings (SSSR count). The summed E-state index contributed by atoms with van der Waals surface area (Å²) in [7, 11) is 0. The number of amides is 2. The first-order chi connectivity index (χ1) is 13.1. The Bertz CT molecular complexity index is 641. The van der Waals surface area contributed by atoms with Crippen LogP contribution in [0.1, 0.15) is 43.0 Å². The van der Waals surface area contributed by atoms with Crippen molar-refractivity contribution in [2.24, 2.45) is 5.73 Å². The normalized spacial score (nSPS) is 23.3. The van der Waals surface area contributed by atoms with Crippen LogP contribution in [0.4, 0.5) is 0 Å². The molecule has 148 valence electrons. The molecule has 1 aromatic carbocycles. The molecule has 7 heteroatoms. The van der Waals surface area contributed by atoms with Crippen molar-refractivity contribution in [3.63, 3.8) is 0 Å². The van der Waals surface area contributed by atoms with Crippen LogP contribution in [0.5, 0.6) is 5.75 Å².